The van der Waals surface area contributed by atoms with Crippen LogP contribution in [0.4, 0.5) is 0 Å². The van der Waals surface area contributed by atoms with Gasteiger partial charge in [0.15, 0.2) is 0 Å². The Bertz CT molecular complexity index is 1110. The van der Waals surface area contributed by atoms with Gasteiger partial charge < -0.3 is 13.7 Å². The lowest BCUT2D eigenvalue weighted by Gasteiger charge is -2.14. The van der Waals surface area contributed by atoms with Crippen LogP contribution >= 0.6 is 0 Å². The Morgan fingerprint density at radius 2 is 1.80 bits per heavy atom. The summed E-state index contributed by atoms with van der Waals surface area (Å²) in [6.45, 7) is 6.01. The summed E-state index contributed by atoms with van der Waals surface area (Å²) >= 11 is 0. The van der Waals surface area contributed by atoms with E-state index in [1.807, 2.05) is 36.4 Å². The zero-order valence-corrected chi connectivity index (χ0v) is 17.6. The largest absolute Gasteiger partial charge is 0.493 e. The third kappa shape index (κ3) is 4.65. The number of unbranched alkanes of at least 4 members (excludes halogenated alkanes) is 1. The topological polar surface area (TPSA) is 40.2 Å². The molecule has 0 radical (unpaired) electrons. The summed E-state index contributed by atoms with van der Waals surface area (Å²) < 4.78 is 13.8. The van der Waals surface area contributed by atoms with Crippen molar-refractivity contribution in [3.05, 3.63) is 84.1 Å². The number of imidazole rings is 1. The second kappa shape index (κ2) is 9.49. The van der Waals surface area contributed by atoms with Gasteiger partial charge in [-0.2, -0.15) is 0 Å². The van der Waals surface area contributed by atoms with Gasteiger partial charge >= 0.3 is 0 Å². The SMILES string of the molecule is CC(C)c1ccccc1OCCCCn1c(/C=C/c2ccco2)nc2ccccc21. The molecule has 2 heterocycles. The quantitative estimate of drug-likeness (QED) is 0.291. The molecule has 0 aliphatic rings. The molecule has 4 nitrogen and oxygen atoms in total. The van der Waals surface area contributed by atoms with Crippen LogP contribution < -0.4 is 4.74 Å². The molecule has 0 saturated heterocycles. The molecule has 0 unspecified atom stereocenters. The first-order chi connectivity index (χ1) is 14.7. The van der Waals surface area contributed by atoms with Crippen molar-refractivity contribution in [2.75, 3.05) is 6.61 Å². The number of aromatic nitrogens is 2. The highest BCUT2D eigenvalue weighted by Crippen LogP contribution is 2.26. The van der Waals surface area contributed by atoms with Crippen LogP contribution in [0.2, 0.25) is 0 Å². The number of nitrogens with zero attached hydrogens (tertiary/aromatic N) is 2. The number of aryl methyl sites for hydroxylation is 1. The van der Waals surface area contributed by atoms with Gasteiger partial charge in [0.05, 0.1) is 23.9 Å². The summed E-state index contributed by atoms with van der Waals surface area (Å²) in [5.74, 6) is 3.23. The van der Waals surface area contributed by atoms with Crippen molar-refractivity contribution in [3.63, 3.8) is 0 Å². The Labute approximate surface area is 177 Å². The van der Waals surface area contributed by atoms with E-state index in [0.29, 0.717) is 12.5 Å². The highest BCUT2D eigenvalue weighted by Gasteiger charge is 2.09. The Balaban J connectivity index is 1.41. The molecule has 0 bridgehead atoms. The van der Waals surface area contributed by atoms with Crippen molar-refractivity contribution in [1.82, 2.24) is 9.55 Å². The molecule has 0 aliphatic heterocycles. The molecule has 0 N–H and O–H groups in total. The number of furan rings is 1. The van der Waals surface area contributed by atoms with Gasteiger partial charge in [0.2, 0.25) is 0 Å². The van der Waals surface area contributed by atoms with E-state index < -0.39 is 0 Å². The molecule has 0 amide bonds. The van der Waals surface area contributed by atoms with Gasteiger partial charge in [-0.05, 0) is 66.8 Å². The van der Waals surface area contributed by atoms with Crippen molar-refractivity contribution >= 4 is 23.2 Å². The second-order valence-corrected chi connectivity index (χ2v) is 7.71. The van der Waals surface area contributed by atoms with E-state index in [4.69, 9.17) is 14.1 Å². The van der Waals surface area contributed by atoms with Gasteiger partial charge in [0, 0.05) is 6.54 Å². The average molecular weight is 401 g/mol. The van der Waals surface area contributed by atoms with Crippen LogP contribution in [-0.4, -0.2) is 16.2 Å². The molecule has 30 heavy (non-hydrogen) atoms. The second-order valence-electron chi connectivity index (χ2n) is 7.71. The molecule has 4 aromatic rings. The number of benzene rings is 2. The third-order valence-corrected chi connectivity index (χ3v) is 5.20. The van der Waals surface area contributed by atoms with E-state index in [2.05, 4.69) is 54.8 Å². The van der Waals surface area contributed by atoms with Crippen LogP contribution in [-0.2, 0) is 6.54 Å². The van der Waals surface area contributed by atoms with Gasteiger partial charge in [-0.25, -0.2) is 4.98 Å². The molecule has 0 spiro atoms. The van der Waals surface area contributed by atoms with Gasteiger partial charge in [-0.15, -0.1) is 0 Å². The lowest BCUT2D eigenvalue weighted by molar-refractivity contribution is 0.299. The minimum Gasteiger partial charge on any atom is -0.493 e. The fraction of sp³-hybridized carbons (Fsp3) is 0.269. The maximum absolute atomic E-state index is 6.08. The van der Waals surface area contributed by atoms with Crippen LogP contribution in [0.15, 0.2) is 71.3 Å². The summed E-state index contributed by atoms with van der Waals surface area (Å²) in [6, 6.07) is 20.4. The van der Waals surface area contributed by atoms with E-state index in [1.54, 1.807) is 6.26 Å². The zero-order valence-electron chi connectivity index (χ0n) is 17.6. The number of rotatable bonds is 9. The summed E-state index contributed by atoms with van der Waals surface area (Å²) in [5.41, 5.74) is 3.44. The number of ether oxygens (including phenoxy) is 1. The predicted molar refractivity (Wildman–Crippen MR) is 123 cm³/mol. The Morgan fingerprint density at radius 3 is 2.63 bits per heavy atom. The zero-order chi connectivity index (χ0) is 20.8. The normalized spacial score (nSPS) is 11.7. The molecule has 0 atom stereocenters. The molecular weight excluding hydrogens is 372 g/mol. The van der Waals surface area contributed by atoms with Gasteiger partial charge in [-0.3, -0.25) is 0 Å². The number of fused-ring (bicyclic) bond motifs is 1. The maximum atomic E-state index is 6.08. The summed E-state index contributed by atoms with van der Waals surface area (Å²) in [4.78, 5) is 4.79. The highest BCUT2D eigenvalue weighted by molar-refractivity contribution is 5.79. The Hall–Kier alpha value is -3.27. The molecule has 0 aliphatic carbocycles. The number of para-hydroxylation sites is 3. The van der Waals surface area contributed by atoms with Crippen molar-refractivity contribution < 1.29 is 9.15 Å². The Morgan fingerprint density at radius 1 is 0.967 bits per heavy atom. The van der Waals surface area contributed by atoms with Crippen molar-refractivity contribution in [2.24, 2.45) is 0 Å². The molecule has 2 aromatic heterocycles. The first-order valence-corrected chi connectivity index (χ1v) is 10.6. The summed E-state index contributed by atoms with van der Waals surface area (Å²) in [5, 5.41) is 0. The molecule has 0 saturated carbocycles. The molecule has 4 heteroatoms. The van der Waals surface area contributed by atoms with Crippen LogP contribution in [0.3, 0.4) is 0 Å². The van der Waals surface area contributed by atoms with E-state index in [-0.39, 0.29) is 0 Å². The van der Waals surface area contributed by atoms with Gasteiger partial charge in [0.25, 0.3) is 0 Å². The van der Waals surface area contributed by atoms with Crippen molar-refractivity contribution in [3.8, 4) is 5.75 Å². The molecular formula is C26H28N2O2. The fourth-order valence-corrected chi connectivity index (χ4v) is 3.64. The van der Waals surface area contributed by atoms with E-state index in [9.17, 15) is 0 Å². The molecule has 0 fully saturated rings. The molecule has 2 aromatic carbocycles. The monoisotopic (exact) mass is 400 g/mol. The highest BCUT2D eigenvalue weighted by atomic mass is 16.5. The standard InChI is InChI=1S/C26H28N2O2/c1-20(2)22-11-3-6-14-25(22)30-18-8-7-17-28-24-13-5-4-12-23(24)27-26(28)16-15-21-10-9-19-29-21/h3-6,9-16,19-20H,7-8,17-18H2,1-2H3/b16-15+. The van der Waals surface area contributed by atoms with Crippen LogP contribution in [0.25, 0.3) is 23.2 Å². The van der Waals surface area contributed by atoms with E-state index >= 15 is 0 Å². The summed E-state index contributed by atoms with van der Waals surface area (Å²) in [6.07, 6.45) is 7.67. The predicted octanol–water partition coefficient (Wildman–Crippen LogP) is 6.78. The van der Waals surface area contributed by atoms with Crippen molar-refractivity contribution in [1.29, 1.82) is 0 Å². The Kier molecular flexibility index (Phi) is 6.33. The summed E-state index contributed by atoms with van der Waals surface area (Å²) in [7, 11) is 0. The lowest BCUT2D eigenvalue weighted by Crippen LogP contribution is -2.05. The smallest absolute Gasteiger partial charge is 0.133 e. The van der Waals surface area contributed by atoms with Gasteiger partial charge in [-0.1, -0.05) is 44.2 Å². The number of hydrogen-bond acceptors (Lipinski definition) is 3. The minimum atomic E-state index is 0.460. The average Bonchev–Trinajstić information content (AvgIpc) is 3.40. The first-order valence-electron chi connectivity index (χ1n) is 10.6. The third-order valence-electron chi connectivity index (χ3n) is 5.20. The molecule has 154 valence electrons. The van der Waals surface area contributed by atoms with Crippen LogP contribution in [0, 0.1) is 0 Å². The van der Waals surface area contributed by atoms with E-state index in [1.165, 1.54) is 5.56 Å². The van der Waals surface area contributed by atoms with Gasteiger partial charge in [0.1, 0.15) is 17.3 Å². The van der Waals surface area contributed by atoms with Crippen molar-refractivity contribution in [2.45, 2.75) is 39.2 Å². The maximum Gasteiger partial charge on any atom is 0.133 e. The lowest BCUT2D eigenvalue weighted by atomic mass is 10.0. The minimum absolute atomic E-state index is 0.460. The number of hydrogen-bond donors (Lipinski definition) is 0. The van der Waals surface area contributed by atoms with Crippen LogP contribution in [0.5, 0.6) is 5.75 Å². The van der Waals surface area contributed by atoms with E-state index in [0.717, 1.165) is 47.8 Å². The molecule has 4 rings (SSSR count). The fourth-order valence-electron chi connectivity index (χ4n) is 3.64. The first kappa shape index (κ1) is 20.0. The van der Waals surface area contributed by atoms with Crippen LogP contribution in [0.1, 0.15) is 49.8 Å².